The van der Waals surface area contributed by atoms with Crippen LogP contribution in [0.15, 0.2) is 42.5 Å². The molecule has 1 atom stereocenters. The van der Waals surface area contributed by atoms with Crippen molar-refractivity contribution in [3.8, 4) is 11.1 Å². The second kappa shape index (κ2) is 17.7. The molecule has 5 aromatic rings. The number of aryl methyl sites for hydroxylation is 1. The first kappa shape index (κ1) is 50.4. The first-order valence-corrected chi connectivity index (χ1v) is 25.1. The van der Waals surface area contributed by atoms with E-state index in [0.29, 0.717) is 18.9 Å². The number of carbonyl (C=O) groups excluding carboxylic acids is 1. The van der Waals surface area contributed by atoms with Gasteiger partial charge in [0.15, 0.2) is 15.7 Å². The number of anilines is 1. The Morgan fingerprint density at radius 3 is 2.12 bits per heavy atom. The Hall–Kier alpha value is -4.97. The summed E-state index contributed by atoms with van der Waals surface area (Å²) in [6.07, 6.45) is -8.92. The summed E-state index contributed by atoms with van der Waals surface area (Å²) in [5.41, 5.74) is -5.45. The SMILES string of the molecule is CC1(S(=O)(=O)Nc2nn(CC(F)F)c3c(-c4ccc(CCC(C)(C)S(=O)(=O)C5CC5)nc4[C@H](Cc4cc(F)cc(F)c4)NC(=O)Cn4nc(C(F)F)c5c4C(F)(F)CCC5(F)F)ccc(Cl)c23)CC1. The van der Waals surface area contributed by atoms with Gasteiger partial charge in [-0.3, -0.25) is 23.9 Å². The maximum absolute atomic E-state index is 15.4. The molecule has 3 aromatic heterocycles. The predicted octanol–water partition coefficient (Wildman–Crippen LogP) is 10.1. The number of halogens is 11. The van der Waals surface area contributed by atoms with Gasteiger partial charge in [-0.25, -0.2) is 52.0 Å². The van der Waals surface area contributed by atoms with Gasteiger partial charge >= 0.3 is 0 Å². The molecule has 3 aliphatic rings. The van der Waals surface area contributed by atoms with Crippen molar-refractivity contribution in [1.82, 2.24) is 29.9 Å². The molecule has 2 N–H and O–H groups in total. The number of nitrogens with one attached hydrogen (secondary N) is 2. The molecule has 8 rings (SSSR count). The van der Waals surface area contributed by atoms with Gasteiger partial charge in [-0.2, -0.15) is 19.0 Å². The van der Waals surface area contributed by atoms with Gasteiger partial charge in [-0.05, 0) is 95.5 Å². The third kappa shape index (κ3) is 9.77. The molecule has 2 aromatic carbocycles. The van der Waals surface area contributed by atoms with Gasteiger partial charge in [0, 0.05) is 35.7 Å². The van der Waals surface area contributed by atoms with Crippen molar-refractivity contribution in [3.05, 3.63) is 93.0 Å². The van der Waals surface area contributed by atoms with Gasteiger partial charge in [-0.1, -0.05) is 23.7 Å². The molecule has 3 heterocycles. The molecule has 12 nitrogen and oxygen atoms in total. The zero-order valence-corrected chi connectivity index (χ0v) is 39.3. The molecule has 2 saturated carbocycles. The maximum Gasteiger partial charge on any atom is 0.290 e. The number of pyridine rings is 1. The first-order chi connectivity index (χ1) is 32.0. The highest BCUT2D eigenvalue weighted by Crippen LogP contribution is 2.52. The molecule has 374 valence electrons. The van der Waals surface area contributed by atoms with E-state index in [2.05, 4.69) is 20.2 Å². The molecule has 1 amide bonds. The zero-order chi connectivity index (χ0) is 50.4. The van der Waals surface area contributed by atoms with Crippen LogP contribution in [-0.2, 0) is 62.4 Å². The minimum absolute atomic E-state index is 0.00570. The third-order valence-corrected chi connectivity index (χ3v) is 18.5. The Balaban J connectivity index is 1.30. The molecule has 0 radical (unpaired) electrons. The van der Waals surface area contributed by atoms with Crippen LogP contribution in [0.2, 0.25) is 5.02 Å². The summed E-state index contributed by atoms with van der Waals surface area (Å²) in [6.45, 7) is 2.06. The summed E-state index contributed by atoms with van der Waals surface area (Å²) < 4.78 is 202. The second-order valence-electron chi connectivity index (χ2n) is 18.6. The van der Waals surface area contributed by atoms with Crippen LogP contribution < -0.4 is 10.0 Å². The van der Waals surface area contributed by atoms with Crippen molar-refractivity contribution >= 4 is 54.1 Å². The van der Waals surface area contributed by atoms with Gasteiger partial charge in [0.05, 0.1) is 48.0 Å². The lowest BCUT2D eigenvalue weighted by Crippen LogP contribution is -2.37. The minimum atomic E-state index is -4.18. The largest absolute Gasteiger partial charge is 0.346 e. The lowest BCUT2D eigenvalue weighted by Gasteiger charge is -2.29. The highest BCUT2D eigenvalue weighted by atomic mass is 35.5. The van der Waals surface area contributed by atoms with E-state index in [9.17, 15) is 48.0 Å². The summed E-state index contributed by atoms with van der Waals surface area (Å²) in [6, 6.07) is 6.17. The smallest absolute Gasteiger partial charge is 0.290 e. The number of amides is 1. The lowest BCUT2D eigenvalue weighted by atomic mass is 9.89. The van der Waals surface area contributed by atoms with E-state index in [-0.39, 0.29) is 74.4 Å². The highest BCUT2D eigenvalue weighted by Gasteiger charge is 2.55. The number of hydrogen-bond acceptors (Lipinski definition) is 8. The number of sulfonamides is 1. The summed E-state index contributed by atoms with van der Waals surface area (Å²) in [5, 5.41) is 9.22. The van der Waals surface area contributed by atoms with Crippen LogP contribution in [0.1, 0.15) is 112 Å². The Morgan fingerprint density at radius 2 is 1.51 bits per heavy atom. The number of aromatic nitrogens is 5. The topological polar surface area (TPSA) is 158 Å². The van der Waals surface area contributed by atoms with Crippen molar-refractivity contribution in [2.45, 2.75) is 137 Å². The van der Waals surface area contributed by atoms with Gasteiger partial charge in [-0.15, -0.1) is 0 Å². The van der Waals surface area contributed by atoms with E-state index in [1.165, 1.54) is 45.0 Å². The Labute approximate surface area is 394 Å². The van der Waals surface area contributed by atoms with Crippen molar-refractivity contribution in [2.75, 3.05) is 4.72 Å². The summed E-state index contributed by atoms with van der Waals surface area (Å²) >= 11 is 6.67. The van der Waals surface area contributed by atoms with Crippen molar-refractivity contribution < 1.29 is 65.5 Å². The van der Waals surface area contributed by atoms with Crippen LogP contribution in [0.4, 0.5) is 49.7 Å². The van der Waals surface area contributed by atoms with Crippen molar-refractivity contribution in [1.29, 1.82) is 0 Å². The molecule has 0 bridgehead atoms. The molecular formula is C44H44ClF10N7O5S2. The summed E-state index contributed by atoms with van der Waals surface area (Å²) in [7, 11) is -7.81. The number of benzene rings is 2. The van der Waals surface area contributed by atoms with Crippen LogP contribution in [0.5, 0.6) is 0 Å². The van der Waals surface area contributed by atoms with Gasteiger partial charge in [0.2, 0.25) is 15.9 Å². The Bertz CT molecular complexity index is 3070. The van der Waals surface area contributed by atoms with Gasteiger partial charge in [0.1, 0.15) is 36.1 Å². The van der Waals surface area contributed by atoms with Gasteiger partial charge < -0.3 is 5.32 Å². The van der Waals surface area contributed by atoms with E-state index in [1.807, 2.05) is 0 Å². The molecule has 0 aliphatic heterocycles. The second-order valence-corrected chi connectivity index (χ2v) is 24.1. The quantitative estimate of drug-likeness (QED) is 0.0822. The van der Waals surface area contributed by atoms with Crippen molar-refractivity contribution in [2.24, 2.45) is 0 Å². The number of hydrogen-bond donors (Lipinski definition) is 2. The van der Waals surface area contributed by atoms with Crippen molar-refractivity contribution in [3.63, 3.8) is 0 Å². The van der Waals surface area contributed by atoms with E-state index < -0.39 is 138 Å². The van der Waals surface area contributed by atoms with Gasteiger partial charge in [0.25, 0.3) is 24.7 Å². The number of alkyl halides is 8. The lowest BCUT2D eigenvalue weighted by molar-refractivity contribution is -0.123. The zero-order valence-electron chi connectivity index (χ0n) is 36.9. The number of nitrogens with zero attached hydrogens (tertiary/aromatic N) is 5. The van der Waals surface area contributed by atoms with Crippen LogP contribution in [0, 0.1) is 11.6 Å². The maximum atomic E-state index is 15.4. The number of carbonyl (C=O) groups is 1. The molecule has 25 heteroatoms. The normalized spacial score (nSPS) is 18.1. The molecule has 69 heavy (non-hydrogen) atoms. The fourth-order valence-electron chi connectivity index (χ4n) is 8.67. The molecule has 0 unspecified atom stereocenters. The van der Waals surface area contributed by atoms with Crippen LogP contribution >= 0.6 is 11.6 Å². The predicted molar refractivity (Wildman–Crippen MR) is 234 cm³/mol. The fraction of sp³-hybridized carbons (Fsp3) is 0.500. The fourth-order valence-corrected chi connectivity index (χ4v) is 12.2. The van der Waals surface area contributed by atoms with Crippen LogP contribution in [-0.4, -0.2) is 68.5 Å². The molecule has 0 saturated heterocycles. The average Bonchev–Trinajstić information content (AvgIpc) is 4.17. The standard InChI is InChI=1S/C44H44ClF10N7O5S2/c1-41(2,68(64,65)26-5-6-26)11-10-25-4-7-27(28-8-9-29(45)33-37(28)61(20-31(48)49)59-40(33)60-69(66,67)42(3)12-13-42)35(56-25)30(18-22-16-23(46)19-24(47)17-22)57-32(63)21-62-38-34(36(58-62)39(50)51)43(52,53)14-15-44(38,54)55/h4,7-9,16-17,19,26,30-31,39H,5-6,10-15,18,20-21H2,1-3H3,(H,57,63)(H,59,60)/t30-/m0/s1. The molecule has 0 spiro atoms. The van der Waals surface area contributed by atoms with E-state index in [4.69, 9.17) is 16.6 Å². The molecule has 2 fully saturated rings. The van der Waals surface area contributed by atoms with E-state index in [1.54, 1.807) is 0 Å². The van der Waals surface area contributed by atoms with E-state index >= 15 is 17.6 Å². The third-order valence-electron chi connectivity index (χ3n) is 12.9. The van der Waals surface area contributed by atoms with Crippen LogP contribution in [0.25, 0.3) is 22.0 Å². The minimum Gasteiger partial charge on any atom is -0.346 e. The van der Waals surface area contributed by atoms with Crippen LogP contribution in [0.3, 0.4) is 0 Å². The number of sulfone groups is 1. The first-order valence-electron chi connectivity index (χ1n) is 21.7. The highest BCUT2D eigenvalue weighted by molar-refractivity contribution is 7.94. The molecular weight excluding hydrogens is 996 g/mol. The van der Waals surface area contributed by atoms with E-state index in [0.717, 1.165) is 16.8 Å². The number of rotatable bonds is 18. The Morgan fingerprint density at radius 1 is 0.870 bits per heavy atom. The average molecular weight is 1040 g/mol. The summed E-state index contributed by atoms with van der Waals surface area (Å²) in [5.74, 6) is -12.2. The summed E-state index contributed by atoms with van der Waals surface area (Å²) in [4.78, 5) is 19.0. The monoisotopic (exact) mass is 1040 g/mol. The molecule has 3 aliphatic carbocycles. The number of fused-ring (bicyclic) bond motifs is 2. The Kier molecular flexibility index (Phi) is 12.9.